The van der Waals surface area contributed by atoms with Crippen molar-refractivity contribution in [1.29, 1.82) is 0 Å². The maximum atomic E-state index is 12.2. The molecule has 1 aliphatic heterocycles. The lowest BCUT2D eigenvalue weighted by molar-refractivity contribution is 0.226. The second-order valence-electron chi connectivity index (χ2n) is 7.03. The van der Waals surface area contributed by atoms with Gasteiger partial charge in [0.15, 0.2) is 5.43 Å². The number of nitrogens with one attached hydrogen (secondary N) is 1. The van der Waals surface area contributed by atoms with Crippen LogP contribution in [0.25, 0.3) is 11.3 Å². The Balaban J connectivity index is 1.61. The van der Waals surface area contributed by atoms with Crippen LogP contribution in [0, 0.1) is 13.8 Å². The molecule has 0 amide bonds. The van der Waals surface area contributed by atoms with E-state index < -0.39 is 0 Å². The molecule has 0 saturated heterocycles. The van der Waals surface area contributed by atoms with Gasteiger partial charge in [-0.3, -0.25) is 9.69 Å². The molecule has 6 heteroatoms. The Morgan fingerprint density at radius 2 is 2.19 bits per heavy atom. The van der Waals surface area contributed by atoms with Gasteiger partial charge in [-0.15, -0.1) is 0 Å². The molecular weight excluding hydrogens is 342 g/mol. The largest absolute Gasteiger partial charge is 0.497 e. The number of aromatic nitrogens is 2. The van der Waals surface area contributed by atoms with Gasteiger partial charge in [-0.1, -0.05) is 17.3 Å². The van der Waals surface area contributed by atoms with E-state index in [0.29, 0.717) is 6.54 Å². The number of H-pyrrole nitrogens is 1. The van der Waals surface area contributed by atoms with Crippen LogP contribution < -0.4 is 10.2 Å². The van der Waals surface area contributed by atoms with Gasteiger partial charge < -0.3 is 14.2 Å². The van der Waals surface area contributed by atoms with E-state index in [2.05, 4.69) is 15.0 Å². The number of fused-ring (bicyclic) bond motifs is 1. The first-order valence-electron chi connectivity index (χ1n) is 9.08. The summed E-state index contributed by atoms with van der Waals surface area (Å²) in [6, 6.07) is 7.86. The van der Waals surface area contributed by atoms with Crippen molar-refractivity contribution in [3.8, 4) is 17.0 Å². The average molecular weight is 365 g/mol. The summed E-state index contributed by atoms with van der Waals surface area (Å²) < 4.78 is 10.9. The van der Waals surface area contributed by atoms with Crippen molar-refractivity contribution in [2.45, 2.75) is 33.4 Å². The summed E-state index contributed by atoms with van der Waals surface area (Å²) in [5.74, 6) is 1.74. The Hall–Kier alpha value is -2.86. The first-order chi connectivity index (χ1) is 13.1. The molecule has 1 aromatic carbocycles. The van der Waals surface area contributed by atoms with E-state index in [1.54, 1.807) is 13.3 Å². The summed E-state index contributed by atoms with van der Waals surface area (Å²) in [7, 11) is 1.66. The minimum atomic E-state index is 0.114. The van der Waals surface area contributed by atoms with Crippen LogP contribution in [0.4, 0.5) is 0 Å². The zero-order valence-corrected chi connectivity index (χ0v) is 15.8. The van der Waals surface area contributed by atoms with Crippen LogP contribution in [-0.4, -0.2) is 28.7 Å². The topological polar surface area (TPSA) is 71.4 Å². The Bertz CT molecular complexity index is 1040. The Morgan fingerprint density at radius 1 is 1.33 bits per heavy atom. The maximum absolute atomic E-state index is 12.2. The molecule has 0 spiro atoms. The second kappa shape index (κ2) is 7.04. The third-order valence-corrected chi connectivity index (χ3v) is 5.25. The van der Waals surface area contributed by atoms with Crippen LogP contribution >= 0.6 is 0 Å². The fourth-order valence-corrected chi connectivity index (χ4v) is 3.59. The smallest absolute Gasteiger partial charge is 0.187 e. The van der Waals surface area contributed by atoms with E-state index in [4.69, 9.17) is 9.26 Å². The van der Waals surface area contributed by atoms with Crippen molar-refractivity contribution in [2.75, 3.05) is 13.7 Å². The number of aryl methyl sites for hydroxylation is 1. The normalized spacial score (nSPS) is 14.2. The standard InChI is InChI=1S/C21H23N3O3/c1-13-10-22-18(14(2)21(13)25)12-24-8-7-19-17(11-24)20(23-27-19)15-5-4-6-16(9-15)26-3/h4-6,9-10H,7-8,11-12H2,1-3H3,(H,22,25). The summed E-state index contributed by atoms with van der Waals surface area (Å²) in [5.41, 5.74) is 5.58. The zero-order valence-electron chi connectivity index (χ0n) is 15.8. The highest BCUT2D eigenvalue weighted by Gasteiger charge is 2.25. The Labute approximate surface area is 157 Å². The van der Waals surface area contributed by atoms with Gasteiger partial charge in [0.05, 0.1) is 7.11 Å². The molecule has 27 heavy (non-hydrogen) atoms. The molecule has 140 valence electrons. The highest BCUT2D eigenvalue weighted by Crippen LogP contribution is 2.32. The number of rotatable bonds is 4. The van der Waals surface area contributed by atoms with Gasteiger partial charge in [-0.2, -0.15) is 0 Å². The van der Waals surface area contributed by atoms with Crippen molar-refractivity contribution < 1.29 is 9.26 Å². The molecule has 0 fully saturated rings. The number of pyridine rings is 1. The molecule has 3 heterocycles. The number of hydrogen-bond acceptors (Lipinski definition) is 5. The molecule has 0 saturated carbocycles. The van der Waals surface area contributed by atoms with Gasteiger partial charge in [-0.25, -0.2) is 0 Å². The molecule has 4 rings (SSSR count). The fourth-order valence-electron chi connectivity index (χ4n) is 3.59. The van der Waals surface area contributed by atoms with Crippen molar-refractivity contribution in [2.24, 2.45) is 0 Å². The van der Waals surface area contributed by atoms with Crippen LogP contribution in [-0.2, 0) is 19.5 Å². The maximum Gasteiger partial charge on any atom is 0.187 e. The molecule has 0 radical (unpaired) electrons. The third-order valence-electron chi connectivity index (χ3n) is 5.25. The van der Waals surface area contributed by atoms with Crippen LogP contribution in [0.1, 0.15) is 28.1 Å². The summed E-state index contributed by atoms with van der Waals surface area (Å²) in [5, 5.41) is 4.31. The Kier molecular flexibility index (Phi) is 4.58. The number of nitrogens with zero attached hydrogens (tertiary/aromatic N) is 2. The van der Waals surface area contributed by atoms with Gasteiger partial charge in [0.25, 0.3) is 0 Å². The molecule has 1 N–H and O–H groups in total. The number of hydrogen-bond donors (Lipinski definition) is 1. The first kappa shape index (κ1) is 17.5. The van der Waals surface area contributed by atoms with Gasteiger partial charge in [0.2, 0.25) is 0 Å². The fraction of sp³-hybridized carbons (Fsp3) is 0.333. The molecule has 0 unspecified atom stereocenters. The van der Waals surface area contributed by atoms with E-state index in [1.807, 2.05) is 38.1 Å². The average Bonchev–Trinajstić information content (AvgIpc) is 3.12. The monoisotopic (exact) mass is 365 g/mol. The van der Waals surface area contributed by atoms with Crippen LogP contribution in [0.5, 0.6) is 5.75 Å². The number of ether oxygens (including phenoxy) is 1. The molecule has 0 aliphatic carbocycles. The quantitative estimate of drug-likeness (QED) is 0.769. The lowest BCUT2D eigenvalue weighted by Gasteiger charge is -2.26. The molecule has 6 nitrogen and oxygen atoms in total. The minimum absolute atomic E-state index is 0.114. The Morgan fingerprint density at radius 3 is 3.00 bits per heavy atom. The number of methoxy groups -OCH3 is 1. The molecule has 0 atom stereocenters. The lowest BCUT2D eigenvalue weighted by Crippen LogP contribution is -2.31. The zero-order chi connectivity index (χ0) is 19.0. The van der Waals surface area contributed by atoms with Crippen molar-refractivity contribution in [3.05, 3.63) is 68.8 Å². The van der Waals surface area contributed by atoms with Crippen molar-refractivity contribution in [1.82, 2.24) is 15.0 Å². The summed E-state index contributed by atoms with van der Waals surface area (Å²) in [6.07, 6.45) is 2.60. The van der Waals surface area contributed by atoms with E-state index in [9.17, 15) is 4.79 Å². The van der Waals surface area contributed by atoms with E-state index >= 15 is 0 Å². The predicted molar refractivity (Wildman–Crippen MR) is 103 cm³/mol. The van der Waals surface area contributed by atoms with Crippen LogP contribution in [0.3, 0.4) is 0 Å². The van der Waals surface area contributed by atoms with Gasteiger partial charge in [-0.05, 0) is 26.0 Å². The van der Waals surface area contributed by atoms with Crippen molar-refractivity contribution >= 4 is 0 Å². The lowest BCUT2D eigenvalue weighted by atomic mass is 10.0. The van der Waals surface area contributed by atoms with Gasteiger partial charge in [0, 0.05) is 60.2 Å². The molecule has 1 aliphatic rings. The highest BCUT2D eigenvalue weighted by molar-refractivity contribution is 5.65. The number of benzene rings is 1. The van der Waals surface area contributed by atoms with Crippen molar-refractivity contribution in [3.63, 3.8) is 0 Å². The van der Waals surface area contributed by atoms with E-state index in [1.165, 1.54) is 0 Å². The summed E-state index contributed by atoms with van der Waals surface area (Å²) in [4.78, 5) is 17.8. The minimum Gasteiger partial charge on any atom is -0.497 e. The molecule has 0 bridgehead atoms. The first-order valence-corrected chi connectivity index (χ1v) is 9.08. The molecule has 2 aromatic heterocycles. The van der Waals surface area contributed by atoms with E-state index in [-0.39, 0.29) is 5.43 Å². The second-order valence-corrected chi connectivity index (χ2v) is 7.03. The van der Waals surface area contributed by atoms with Crippen LogP contribution in [0.15, 0.2) is 39.8 Å². The number of aromatic amines is 1. The van der Waals surface area contributed by atoms with E-state index in [0.717, 1.165) is 64.7 Å². The van der Waals surface area contributed by atoms with Gasteiger partial charge in [0.1, 0.15) is 17.2 Å². The summed E-state index contributed by atoms with van der Waals surface area (Å²) >= 11 is 0. The third kappa shape index (κ3) is 3.28. The van der Waals surface area contributed by atoms with Crippen LogP contribution in [0.2, 0.25) is 0 Å². The summed E-state index contributed by atoms with van der Waals surface area (Å²) in [6.45, 7) is 6.03. The molecule has 3 aromatic rings. The van der Waals surface area contributed by atoms with Gasteiger partial charge >= 0.3 is 0 Å². The highest BCUT2D eigenvalue weighted by atomic mass is 16.5. The SMILES string of the molecule is COc1cccc(-c2noc3c2CN(Cc2[nH]cc(C)c(=O)c2C)CC3)c1. The predicted octanol–water partition coefficient (Wildman–Crippen LogP) is 3.21. The molecular formula is C21H23N3O3.